The maximum atomic E-state index is 12.3. The number of amides is 1. The topological polar surface area (TPSA) is 58.6 Å². The molecule has 1 saturated heterocycles. The molecule has 5 nitrogen and oxygen atoms in total. The van der Waals surface area contributed by atoms with Gasteiger partial charge in [0.25, 0.3) is 0 Å². The number of carbonyl (C=O) groups is 2. The Balaban J connectivity index is 2.26. The van der Waals surface area contributed by atoms with E-state index >= 15 is 0 Å². The van der Waals surface area contributed by atoms with E-state index in [1.54, 1.807) is 4.90 Å². The van der Waals surface area contributed by atoms with Gasteiger partial charge in [0, 0.05) is 0 Å². The molecule has 1 rings (SSSR count). The number of hydrogen-bond acceptors (Lipinski definition) is 4. The smallest absolute Gasteiger partial charge is 0.293 e. The van der Waals surface area contributed by atoms with E-state index in [1.165, 1.54) is 0 Å². The normalized spacial score (nSPS) is 20.0. The first-order valence-corrected chi connectivity index (χ1v) is 12.0. The summed E-state index contributed by atoms with van der Waals surface area (Å²) in [4.78, 5) is 27.8. The predicted octanol–water partition coefficient (Wildman–Crippen LogP) is -1.04. The summed E-state index contributed by atoms with van der Waals surface area (Å²) in [6, 6.07) is -0.229. The van der Waals surface area contributed by atoms with Crippen LogP contribution in [0.5, 0.6) is 0 Å². The summed E-state index contributed by atoms with van der Waals surface area (Å²) in [5, 5.41) is 0. The number of alkyl halides is 1. The summed E-state index contributed by atoms with van der Waals surface area (Å²) in [5.74, 6) is 0.0801. The first-order valence-electron chi connectivity index (χ1n) is 8.23. The Morgan fingerprint density at radius 3 is 2.78 bits per heavy atom. The monoisotopic (exact) mass is 457 g/mol. The number of ether oxygens (including phenoxy) is 1. The second-order valence-corrected chi connectivity index (χ2v) is 8.97. The second kappa shape index (κ2) is 10.3. The van der Waals surface area contributed by atoms with Gasteiger partial charge in [0.2, 0.25) is 0 Å². The third-order valence-corrected chi connectivity index (χ3v) is 6.53. The number of carbonyl (C=O) groups excluding carboxylic acids is 2. The average Bonchev–Trinajstić information content (AvgIpc) is 2.94. The third-order valence-electron chi connectivity index (χ3n) is 4.15. The van der Waals surface area contributed by atoms with Crippen molar-refractivity contribution < 1.29 is 35.8 Å². The molecule has 1 fully saturated rings. The molecule has 23 heavy (non-hydrogen) atoms. The summed E-state index contributed by atoms with van der Waals surface area (Å²) >= 11 is 0.0675. The zero-order chi connectivity index (χ0) is 17.5. The first kappa shape index (κ1) is 21.3. The van der Waals surface area contributed by atoms with Gasteiger partial charge in [-0.3, -0.25) is 4.79 Å². The Morgan fingerprint density at radius 2 is 2.17 bits per heavy atom. The average molecular weight is 457 g/mol. The molecule has 0 saturated carbocycles. The van der Waals surface area contributed by atoms with E-state index in [-0.39, 0.29) is 50.6 Å². The number of likely N-dealkylation sites (tertiary alicyclic amines) is 1. The fourth-order valence-corrected chi connectivity index (χ4v) is 4.81. The Hall–Kier alpha value is 0.220. The van der Waals surface area contributed by atoms with Gasteiger partial charge in [-0.25, -0.2) is 0 Å². The summed E-state index contributed by atoms with van der Waals surface area (Å²) < 4.78 is 9.38. The van der Waals surface area contributed by atoms with Crippen LogP contribution in [0.1, 0.15) is 52.9 Å². The molecule has 1 amide bonds. The van der Waals surface area contributed by atoms with Crippen LogP contribution in [0.3, 0.4) is 0 Å². The Morgan fingerprint density at radius 1 is 1.48 bits per heavy atom. The fraction of sp³-hybridized carbons (Fsp3) is 0.875. The molecule has 0 spiro atoms. The minimum atomic E-state index is -0.229. The number of halogens is 1. The van der Waals surface area contributed by atoms with Crippen LogP contribution in [0, 0.1) is 0 Å². The summed E-state index contributed by atoms with van der Waals surface area (Å²) in [6.07, 6.45) is 3.92. The van der Waals surface area contributed by atoms with E-state index in [0.717, 1.165) is 19.3 Å². The van der Waals surface area contributed by atoms with Crippen LogP contribution in [-0.2, 0) is 14.3 Å². The van der Waals surface area contributed by atoms with Crippen LogP contribution in [0.4, 0.5) is 0 Å². The van der Waals surface area contributed by atoms with Gasteiger partial charge in [-0.2, -0.15) is 0 Å². The van der Waals surface area contributed by atoms with Crippen LogP contribution >= 0.6 is 9.24 Å². The van der Waals surface area contributed by atoms with Gasteiger partial charge in [0.05, 0.1) is 0 Å². The summed E-state index contributed by atoms with van der Waals surface area (Å²) in [6.45, 7) is 7.82. The third kappa shape index (κ3) is 7.76. The predicted molar refractivity (Wildman–Crippen MR) is 91.9 cm³/mol. The van der Waals surface area contributed by atoms with Crippen LogP contribution in [-0.4, -0.2) is 52.1 Å². The minimum Gasteiger partial charge on any atom is -0.293 e. The van der Waals surface area contributed by atoms with E-state index < -0.39 is 0 Å². The van der Waals surface area contributed by atoms with Crippen molar-refractivity contribution in [3.8, 4) is 0 Å². The summed E-state index contributed by atoms with van der Waals surface area (Å²) in [7, 11) is 2.21. The van der Waals surface area contributed by atoms with Crippen LogP contribution in [0.15, 0.2) is 0 Å². The zero-order valence-corrected chi connectivity index (χ0v) is 18.0. The molecule has 0 bridgehead atoms. The molecule has 0 aliphatic carbocycles. The molecule has 1 N–H and O–H groups in total. The van der Waals surface area contributed by atoms with E-state index in [4.69, 9.17) is 4.74 Å². The molecule has 7 heteroatoms. The van der Waals surface area contributed by atoms with E-state index in [0.29, 0.717) is 26.0 Å². The van der Waals surface area contributed by atoms with Crippen LogP contribution < -0.4 is 25.0 Å². The van der Waals surface area contributed by atoms with E-state index in [2.05, 4.69) is 31.5 Å². The van der Waals surface area contributed by atoms with Crippen molar-refractivity contribution in [2.75, 3.05) is 18.1 Å². The molecule has 0 aromatic carbocycles. The van der Waals surface area contributed by atoms with Crippen molar-refractivity contribution in [1.29, 1.82) is 0 Å². The van der Waals surface area contributed by atoms with E-state index in [9.17, 15) is 9.59 Å². The van der Waals surface area contributed by atoms with Crippen molar-refractivity contribution >= 4 is 20.7 Å². The molecule has 1 aliphatic rings. The first-order chi connectivity index (χ1) is 10.8. The quantitative estimate of drug-likeness (QED) is 0.197. The molecule has 0 aromatic heterocycles. The van der Waals surface area contributed by atoms with Gasteiger partial charge >= 0.3 is 140 Å². The van der Waals surface area contributed by atoms with Gasteiger partial charge < -0.3 is 0 Å². The molecular weight excluding hydrogens is 426 g/mol. The number of hydrogen-bond donors (Lipinski definition) is 1. The van der Waals surface area contributed by atoms with Crippen molar-refractivity contribution in [3.05, 3.63) is 0 Å². The number of nitrogens with zero attached hydrogens (tertiary/aromatic N) is 1. The Bertz CT molecular complexity index is 407. The molecule has 0 radical (unpaired) electrons. The molecule has 0 aromatic rings. The van der Waals surface area contributed by atoms with E-state index in [1.807, 2.05) is 6.92 Å². The van der Waals surface area contributed by atoms with Crippen molar-refractivity contribution in [2.45, 2.75) is 70.6 Å². The van der Waals surface area contributed by atoms with Crippen LogP contribution in [0.2, 0.25) is 0 Å². The minimum absolute atomic E-state index is 0.0219. The molecule has 3 atom stereocenters. The molecule has 3 unspecified atom stereocenters. The Kier molecular flexibility index (Phi) is 9.49. The second-order valence-electron chi connectivity index (χ2n) is 6.78. The maximum absolute atomic E-state index is 12.3. The number of rotatable bonds is 10. The van der Waals surface area contributed by atoms with Crippen molar-refractivity contribution in [2.24, 2.45) is 0 Å². The molecule has 1 aliphatic heterocycles. The molecular formula is C16H31IN2O3P-. The van der Waals surface area contributed by atoms with Gasteiger partial charge in [-0.15, -0.1) is 0 Å². The van der Waals surface area contributed by atoms with Gasteiger partial charge in [0.15, 0.2) is 0 Å². The molecule has 1 heterocycles. The van der Waals surface area contributed by atoms with Crippen LogP contribution in [0.25, 0.3) is 0 Å². The Labute approximate surface area is 153 Å². The zero-order valence-electron chi connectivity index (χ0n) is 14.7. The standard InChI is InChI=1S/C16H31IN2O3P/c1-12(22-11-9-16(2,3)18-17-4)7-8-14(20)19-10-5-6-13(19)15(21)23/h12-13,18H,5-11,23H2,1-4H3/q-1. The fourth-order valence-electron chi connectivity index (χ4n) is 2.73. The van der Waals surface area contributed by atoms with Crippen molar-refractivity contribution in [3.63, 3.8) is 0 Å². The molecule has 136 valence electrons. The van der Waals surface area contributed by atoms with Gasteiger partial charge in [-0.05, 0) is 0 Å². The number of nitrogens with one attached hydrogen (secondary N) is 1. The summed E-state index contributed by atoms with van der Waals surface area (Å²) in [5.41, 5.74) is 0.146. The van der Waals surface area contributed by atoms with Crippen molar-refractivity contribution in [1.82, 2.24) is 8.43 Å². The van der Waals surface area contributed by atoms with Gasteiger partial charge in [0.1, 0.15) is 0 Å². The SMILES string of the molecule is C[I-]NC(C)(C)CCOC(C)CCC(=O)N1CCCC1C(=O)P. The van der Waals surface area contributed by atoms with Gasteiger partial charge in [-0.1, -0.05) is 9.24 Å².